The minimum atomic E-state index is -2.69. The molecule has 1 aromatic heterocycles. The van der Waals surface area contributed by atoms with E-state index < -0.39 is 12.1 Å². The summed E-state index contributed by atoms with van der Waals surface area (Å²) in [4.78, 5) is 7.79. The Bertz CT molecular complexity index is 538. The molecule has 2 rings (SSSR count). The van der Waals surface area contributed by atoms with Gasteiger partial charge in [0.2, 0.25) is 0 Å². The second-order valence-corrected chi connectivity index (χ2v) is 3.89. The highest BCUT2D eigenvalue weighted by molar-refractivity contribution is 5.57. The minimum Gasteiger partial charge on any atom is -0.396 e. The molecule has 5 heteroatoms. The number of alkyl halides is 2. The number of nitrogens with two attached hydrogens (primary N) is 1. The number of benzene rings is 1. The van der Waals surface area contributed by atoms with Gasteiger partial charge in [0.15, 0.2) is 5.82 Å². The van der Waals surface area contributed by atoms with Crippen LogP contribution in [0, 0.1) is 0 Å². The van der Waals surface area contributed by atoms with Gasteiger partial charge in [-0.25, -0.2) is 18.7 Å². The Labute approximate surface area is 104 Å². The number of hydrogen-bond donors (Lipinski definition) is 1. The largest absolute Gasteiger partial charge is 0.396 e. The molecule has 1 aromatic carbocycles. The summed E-state index contributed by atoms with van der Waals surface area (Å²) in [5.74, 6) is 0.266. The van der Waals surface area contributed by atoms with Crippen molar-refractivity contribution in [3.05, 3.63) is 41.7 Å². The van der Waals surface area contributed by atoms with Crippen molar-refractivity contribution in [3.63, 3.8) is 0 Å². The Balaban J connectivity index is 2.41. The van der Waals surface area contributed by atoms with Crippen LogP contribution in [0.15, 0.2) is 30.5 Å². The third-order valence-electron chi connectivity index (χ3n) is 2.68. The third kappa shape index (κ3) is 2.45. The van der Waals surface area contributed by atoms with E-state index in [0.29, 0.717) is 5.56 Å². The molecular weight excluding hydrogens is 236 g/mol. The Morgan fingerprint density at radius 1 is 1.22 bits per heavy atom. The van der Waals surface area contributed by atoms with Crippen molar-refractivity contribution >= 4 is 5.69 Å². The molecule has 0 saturated heterocycles. The van der Waals surface area contributed by atoms with E-state index in [2.05, 4.69) is 9.97 Å². The van der Waals surface area contributed by atoms with Gasteiger partial charge in [-0.3, -0.25) is 0 Å². The quantitative estimate of drug-likeness (QED) is 0.908. The number of halogens is 2. The predicted octanol–water partition coefficient (Wildman–Crippen LogP) is 3.23. The highest BCUT2D eigenvalue weighted by atomic mass is 19.3. The van der Waals surface area contributed by atoms with E-state index in [0.717, 1.165) is 6.42 Å². The standard InChI is InChI=1S/C13H13F2N3/c1-2-8-3-5-9(6-4-8)13-17-7-10(16)11(18-13)12(14)15/h3-7,12H,2,16H2,1H3. The molecule has 2 aromatic rings. The summed E-state index contributed by atoms with van der Waals surface area (Å²) < 4.78 is 25.3. The van der Waals surface area contributed by atoms with Crippen LogP contribution in [-0.2, 0) is 6.42 Å². The van der Waals surface area contributed by atoms with Gasteiger partial charge in [0.25, 0.3) is 6.43 Å². The SMILES string of the molecule is CCc1ccc(-c2ncc(N)c(C(F)F)n2)cc1. The number of nitrogen functional groups attached to an aromatic ring is 1. The van der Waals surface area contributed by atoms with Crippen LogP contribution in [-0.4, -0.2) is 9.97 Å². The third-order valence-corrected chi connectivity index (χ3v) is 2.68. The molecule has 0 bridgehead atoms. The van der Waals surface area contributed by atoms with E-state index in [1.54, 1.807) is 0 Å². The number of aryl methyl sites for hydroxylation is 1. The van der Waals surface area contributed by atoms with Gasteiger partial charge in [0.1, 0.15) is 5.69 Å². The maximum absolute atomic E-state index is 12.7. The van der Waals surface area contributed by atoms with Crippen molar-refractivity contribution in [1.29, 1.82) is 0 Å². The molecule has 0 aliphatic carbocycles. The first-order valence-electron chi connectivity index (χ1n) is 5.61. The molecule has 0 fully saturated rings. The van der Waals surface area contributed by atoms with Crippen molar-refractivity contribution in [2.75, 3.05) is 5.73 Å². The zero-order valence-corrected chi connectivity index (χ0v) is 9.90. The average Bonchev–Trinajstić information content (AvgIpc) is 2.39. The van der Waals surface area contributed by atoms with Gasteiger partial charge in [-0.1, -0.05) is 31.2 Å². The molecular formula is C13H13F2N3. The first-order chi connectivity index (χ1) is 8.61. The molecule has 0 saturated carbocycles. The molecule has 0 radical (unpaired) electrons. The lowest BCUT2D eigenvalue weighted by Gasteiger charge is -2.06. The molecule has 0 unspecified atom stereocenters. The van der Waals surface area contributed by atoms with Crippen molar-refractivity contribution in [3.8, 4) is 11.4 Å². The lowest BCUT2D eigenvalue weighted by Crippen LogP contribution is -2.02. The van der Waals surface area contributed by atoms with Gasteiger partial charge in [0.05, 0.1) is 11.9 Å². The fraction of sp³-hybridized carbons (Fsp3) is 0.231. The molecule has 2 N–H and O–H groups in total. The van der Waals surface area contributed by atoms with Crippen LogP contribution >= 0.6 is 0 Å². The Kier molecular flexibility index (Phi) is 3.50. The summed E-state index contributed by atoms with van der Waals surface area (Å²) in [6, 6.07) is 7.49. The highest BCUT2D eigenvalue weighted by Crippen LogP contribution is 2.25. The van der Waals surface area contributed by atoms with Crippen molar-refractivity contribution < 1.29 is 8.78 Å². The Morgan fingerprint density at radius 3 is 2.44 bits per heavy atom. The fourth-order valence-corrected chi connectivity index (χ4v) is 1.61. The van der Waals surface area contributed by atoms with Gasteiger partial charge < -0.3 is 5.73 Å². The zero-order chi connectivity index (χ0) is 13.1. The van der Waals surface area contributed by atoms with Gasteiger partial charge >= 0.3 is 0 Å². The second-order valence-electron chi connectivity index (χ2n) is 3.89. The van der Waals surface area contributed by atoms with Crippen LogP contribution in [0.25, 0.3) is 11.4 Å². The number of nitrogens with zero attached hydrogens (tertiary/aromatic N) is 2. The molecule has 0 atom stereocenters. The predicted molar refractivity (Wildman–Crippen MR) is 66.2 cm³/mol. The molecule has 1 heterocycles. The van der Waals surface area contributed by atoms with Crippen LogP contribution in [0.5, 0.6) is 0 Å². The highest BCUT2D eigenvalue weighted by Gasteiger charge is 2.15. The summed E-state index contributed by atoms with van der Waals surface area (Å²) in [6.07, 6.45) is -0.551. The summed E-state index contributed by atoms with van der Waals surface area (Å²) in [7, 11) is 0. The zero-order valence-electron chi connectivity index (χ0n) is 9.90. The van der Waals surface area contributed by atoms with E-state index >= 15 is 0 Å². The molecule has 94 valence electrons. The van der Waals surface area contributed by atoms with E-state index in [1.807, 2.05) is 31.2 Å². The minimum absolute atomic E-state index is 0.0843. The monoisotopic (exact) mass is 249 g/mol. The number of aromatic nitrogens is 2. The van der Waals surface area contributed by atoms with E-state index in [9.17, 15) is 8.78 Å². The lowest BCUT2D eigenvalue weighted by atomic mass is 10.1. The van der Waals surface area contributed by atoms with Gasteiger partial charge in [-0.2, -0.15) is 0 Å². The van der Waals surface area contributed by atoms with E-state index in [-0.39, 0.29) is 11.5 Å². The Hall–Kier alpha value is -2.04. The summed E-state index contributed by atoms with van der Waals surface area (Å²) in [6.45, 7) is 2.05. The maximum atomic E-state index is 12.7. The molecule has 18 heavy (non-hydrogen) atoms. The first-order valence-corrected chi connectivity index (χ1v) is 5.61. The smallest absolute Gasteiger partial charge is 0.282 e. The first kappa shape index (κ1) is 12.4. The summed E-state index contributed by atoms with van der Waals surface area (Å²) in [5.41, 5.74) is 6.78. The lowest BCUT2D eigenvalue weighted by molar-refractivity contribution is 0.147. The van der Waals surface area contributed by atoms with Crippen molar-refractivity contribution in [2.24, 2.45) is 0 Å². The summed E-state index contributed by atoms with van der Waals surface area (Å²) >= 11 is 0. The summed E-state index contributed by atoms with van der Waals surface area (Å²) in [5, 5.41) is 0. The molecule has 0 aliphatic heterocycles. The van der Waals surface area contributed by atoms with Crippen molar-refractivity contribution in [1.82, 2.24) is 9.97 Å². The van der Waals surface area contributed by atoms with Gasteiger partial charge in [-0.15, -0.1) is 0 Å². The fourth-order valence-electron chi connectivity index (χ4n) is 1.61. The number of rotatable bonds is 3. The van der Waals surface area contributed by atoms with Crippen LogP contribution in [0.2, 0.25) is 0 Å². The molecule has 0 amide bonds. The van der Waals surface area contributed by atoms with Crippen LogP contribution in [0.3, 0.4) is 0 Å². The van der Waals surface area contributed by atoms with E-state index in [1.165, 1.54) is 11.8 Å². The maximum Gasteiger partial charge on any atom is 0.282 e. The normalized spacial score (nSPS) is 10.9. The molecule has 0 spiro atoms. The topological polar surface area (TPSA) is 51.8 Å². The molecule has 0 aliphatic rings. The van der Waals surface area contributed by atoms with Crippen LogP contribution < -0.4 is 5.73 Å². The van der Waals surface area contributed by atoms with Crippen LogP contribution in [0.4, 0.5) is 14.5 Å². The second kappa shape index (κ2) is 5.08. The van der Waals surface area contributed by atoms with Crippen LogP contribution in [0.1, 0.15) is 24.6 Å². The molecule has 3 nitrogen and oxygen atoms in total. The number of anilines is 1. The van der Waals surface area contributed by atoms with E-state index in [4.69, 9.17) is 5.73 Å². The average molecular weight is 249 g/mol. The van der Waals surface area contributed by atoms with Gasteiger partial charge in [0, 0.05) is 5.56 Å². The van der Waals surface area contributed by atoms with Crippen molar-refractivity contribution in [2.45, 2.75) is 19.8 Å². The Morgan fingerprint density at radius 2 is 1.89 bits per heavy atom. The number of hydrogen-bond acceptors (Lipinski definition) is 3. The van der Waals surface area contributed by atoms with Gasteiger partial charge in [-0.05, 0) is 12.0 Å².